The number of carbonyl (C=O) groups excluding carboxylic acids is 1. The lowest BCUT2D eigenvalue weighted by Crippen LogP contribution is -2.11. The van der Waals surface area contributed by atoms with Crippen LogP contribution in [0.25, 0.3) is 11.1 Å². The molecule has 0 aromatic heterocycles. The van der Waals surface area contributed by atoms with Crippen molar-refractivity contribution in [3.05, 3.63) is 83.9 Å². The van der Waals surface area contributed by atoms with Gasteiger partial charge in [-0.15, -0.1) is 6.42 Å². The quantitative estimate of drug-likeness (QED) is 0.361. The van der Waals surface area contributed by atoms with Gasteiger partial charge >= 0.3 is 0 Å². The van der Waals surface area contributed by atoms with Crippen LogP contribution in [0, 0.1) is 12.3 Å². The van der Waals surface area contributed by atoms with Crippen LogP contribution >= 0.6 is 0 Å². The molecule has 0 aliphatic rings. The maximum Gasteiger partial charge on any atom is 0.235 e. The molecular weight excluding hydrogens is 334 g/mol. The predicted octanol–water partition coefficient (Wildman–Crippen LogP) is 4.81. The van der Waals surface area contributed by atoms with Crippen LogP contribution in [-0.4, -0.2) is 19.9 Å². The van der Waals surface area contributed by atoms with Gasteiger partial charge in [-0.1, -0.05) is 42.5 Å². The van der Waals surface area contributed by atoms with Crippen molar-refractivity contribution in [2.24, 2.45) is 0 Å². The van der Waals surface area contributed by atoms with Gasteiger partial charge in [-0.25, -0.2) is 0 Å². The molecule has 3 aromatic rings. The summed E-state index contributed by atoms with van der Waals surface area (Å²) in [7, 11) is 4.07. The van der Waals surface area contributed by atoms with Crippen molar-refractivity contribution in [1.82, 2.24) is 0 Å². The number of terminal acetylenes is 1. The molecule has 134 valence electrons. The summed E-state index contributed by atoms with van der Waals surface area (Å²) in [4.78, 5) is 13.6. The molecule has 0 saturated carbocycles. The van der Waals surface area contributed by atoms with Crippen LogP contribution < -0.4 is 9.64 Å². The second kappa shape index (κ2) is 8.25. The van der Waals surface area contributed by atoms with Gasteiger partial charge in [0.1, 0.15) is 12.4 Å². The van der Waals surface area contributed by atoms with Gasteiger partial charge in [0.05, 0.1) is 0 Å². The molecular formula is C24H21NO2. The average molecular weight is 355 g/mol. The molecule has 0 atom stereocenters. The van der Waals surface area contributed by atoms with Crippen LogP contribution in [-0.2, 0) is 6.61 Å². The highest BCUT2D eigenvalue weighted by Crippen LogP contribution is 2.34. The minimum atomic E-state index is -0.327. The summed E-state index contributed by atoms with van der Waals surface area (Å²) in [6.07, 6.45) is 5.15. The normalized spacial score (nSPS) is 10.1. The molecule has 3 heteroatoms. The van der Waals surface area contributed by atoms with Crippen molar-refractivity contribution in [3.8, 4) is 29.2 Å². The van der Waals surface area contributed by atoms with Gasteiger partial charge in [-0.3, -0.25) is 4.79 Å². The maximum atomic E-state index is 11.5. The van der Waals surface area contributed by atoms with Gasteiger partial charge in [0, 0.05) is 30.9 Å². The summed E-state index contributed by atoms with van der Waals surface area (Å²) < 4.78 is 5.98. The molecule has 0 N–H and O–H groups in total. The number of carbonyl (C=O) groups is 1. The molecule has 0 aliphatic carbocycles. The zero-order valence-electron chi connectivity index (χ0n) is 15.5. The summed E-state index contributed by atoms with van der Waals surface area (Å²) in [5.74, 6) is 2.48. The Kier molecular flexibility index (Phi) is 5.58. The summed E-state index contributed by atoms with van der Waals surface area (Å²) in [6.45, 7) is 0.425. The van der Waals surface area contributed by atoms with E-state index in [9.17, 15) is 4.79 Å². The molecule has 0 spiro atoms. The van der Waals surface area contributed by atoms with E-state index in [-0.39, 0.29) is 5.78 Å². The van der Waals surface area contributed by atoms with Crippen LogP contribution in [0.1, 0.15) is 15.9 Å². The lowest BCUT2D eigenvalue weighted by molar-refractivity contribution is 0.105. The molecule has 0 bridgehead atoms. The minimum absolute atomic E-state index is 0.327. The first-order valence-electron chi connectivity index (χ1n) is 8.68. The predicted molar refractivity (Wildman–Crippen MR) is 110 cm³/mol. The number of Topliss-reactive ketones (excluding diaryl/α,β-unsaturated/α-hetero) is 1. The van der Waals surface area contributed by atoms with Crippen LogP contribution in [0.2, 0.25) is 0 Å². The molecule has 3 aromatic carbocycles. The fourth-order valence-corrected chi connectivity index (χ4v) is 2.96. The number of anilines is 1. The molecule has 0 unspecified atom stereocenters. The molecule has 3 rings (SSSR count). The lowest BCUT2D eigenvalue weighted by atomic mass is 9.97. The van der Waals surface area contributed by atoms with Crippen molar-refractivity contribution < 1.29 is 9.53 Å². The molecule has 0 aliphatic heterocycles. The van der Waals surface area contributed by atoms with Crippen molar-refractivity contribution >= 4 is 11.5 Å². The third kappa shape index (κ3) is 4.19. The highest BCUT2D eigenvalue weighted by molar-refractivity contribution is 6.08. The molecule has 3 nitrogen and oxygen atoms in total. The monoisotopic (exact) mass is 355 g/mol. The largest absolute Gasteiger partial charge is 0.489 e. The Balaban J connectivity index is 1.88. The Morgan fingerprint density at radius 3 is 2.30 bits per heavy atom. The Bertz CT molecular complexity index is 968. The summed E-state index contributed by atoms with van der Waals surface area (Å²) in [6, 6.07) is 23.4. The van der Waals surface area contributed by atoms with Crippen molar-refractivity contribution in [3.63, 3.8) is 0 Å². The molecule has 0 heterocycles. The lowest BCUT2D eigenvalue weighted by Gasteiger charge is -2.21. The second-order valence-corrected chi connectivity index (χ2v) is 6.36. The van der Waals surface area contributed by atoms with E-state index in [1.807, 2.05) is 38.4 Å². The first-order chi connectivity index (χ1) is 13.1. The van der Waals surface area contributed by atoms with Crippen LogP contribution in [0.4, 0.5) is 5.69 Å². The van der Waals surface area contributed by atoms with Gasteiger partial charge in [0.25, 0.3) is 0 Å². The summed E-state index contributed by atoms with van der Waals surface area (Å²) in [5.41, 5.74) is 5.02. The van der Waals surface area contributed by atoms with Gasteiger partial charge in [0.2, 0.25) is 5.78 Å². The van der Waals surface area contributed by atoms with E-state index in [1.165, 1.54) is 0 Å². The van der Waals surface area contributed by atoms with Crippen LogP contribution in [0.15, 0.2) is 72.8 Å². The molecule has 0 fully saturated rings. The Hall–Kier alpha value is -3.51. The number of hydrogen-bond donors (Lipinski definition) is 0. The van der Waals surface area contributed by atoms with E-state index in [1.54, 1.807) is 24.3 Å². The van der Waals surface area contributed by atoms with E-state index >= 15 is 0 Å². The number of nitrogens with zero attached hydrogens (tertiary/aromatic N) is 1. The third-order valence-corrected chi connectivity index (χ3v) is 4.31. The molecule has 0 saturated heterocycles. The standard InChI is InChI=1S/C24H21NO2/c1-4-23(26)18-13-15-21(16-14-18)27-17-20-11-8-12-22(25(2)3)24(20)19-9-6-5-7-10-19/h1,5-16H,17H2,2-3H3. The van der Waals surface area contributed by atoms with E-state index in [2.05, 4.69) is 35.1 Å². The molecule has 0 amide bonds. The number of hydrogen-bond acceptors (Lipinski definition) is 3. The highest BCUT2D eigenvalue weighted by atomic mass is 16.5. The first-order valence-corrected chi connectivity index (χ1v) is 8.68. The highest BCUT2D eigenvalue weighted by Gasteiger charge is 2.13. The van der Waals surface area contributed by atoms with E-state index < -0.39 is 0 Å². The number of ketones is 1. The van der Waals surface area contributed by atoms with Gasteiger partial charge < -0.3 is 9.64 Å². The van der Waals surface area contributed by atoms with Crippen LogP contribution in [0.3, 0.4) is 0 Å². The Labute approximate surface area is 160 Å². The smallest absolute Gasteiger partial charge is 0.235 e. The van der Waals surface area contributed by atoms with Crippen molar-refractivity contribution in [2.75, 3.05) is 19.0 Å². The zero-order valence-corrected chi connectivity index (χ0v) is 15.5. The minimum Gasteiger partial charge on any atom is -0.489 e. The SMILES string of the molecule is C#CC(=O)c1ccc(OCc2cccc(N(C)C)c2-c2ccccc2)cc1. The van der Waals surface area contributed by atoms with E-state index in [4.69, 9.17) is 11.2 Å². The van der Waals surface area contributed by atoms with Crippen molar-refractivity contribution in [2.45, 2.75) is 6.61 Å². The summed E-state index contributed by atoms with van der Waals surface area (Å²) >= 11 is 0. The average Bonchev–Trinajstić information content (AvgIpc) is 2.72. The van der Waals surface area contributed by atoms with Gasteiger partial charge in [-0.05, 0) is 47.4 Å². The van der Waals surface area contributed by atoms with E-state index in [0.717, 1.165) is 22.4 Å². The summed E-state index contributed by atoms with van der Waals surface area (Å²) in [5, 5.41) is 0. The van der Waals surface area contributed by atoms with Crippen LogP contribution in [0.5, 0.6) is 5.75 Å². The molecule has 27 heavy (non-hydrogen) atoms. The Morgan fingerprint density at radius 2 is 1.67 bits per heavy atom. The number of benzene rings is 3. The topological polar surface area (TPSA) is 29.5 Å². The maximum absolute atomic E-state index is 11.5. The second-order valence-electron chi connectivity index (χ2n) is 6.36. The Morgan fingerprint density at radius 1 is 0.963 bits per heavy atom. The first kappa shape index (κ1) is 18.3. The van der Waals surface area contributed by atoms with Crippen molar-refractivity contribution in [1.29, 1.82) is 0 Å². The fourth-order valence-electron chi connectivity index (χ4n) is 2.96. The van der Waals surface area contributed by atoms with Gasteiger partial charge in [-0.2, -0.15) is 0 Å². The zero-order chi connectivity index (χ0) is 19.2. The number of rotatable bonds is 6. The van der Waals surface area contributed by atoms with E-state index in [0.29, 0.717) is 17.9 Å². The number of ether oxygens (including phenoxy) is 1. The van der Waals surface area contributed by atoms with Gasteiger partial charge in [0.15, 0.2) is 0 Å². The molecule has 0 radical (unpaired) electrons. The third-order valence-electron chi connectivity index (χ3n) is 4.31. The fraction of sp³-hybridized carbons (Fsp3) is 0.125.